The minimum atomic E-state index is 0.176. The van der Waals surface area contributed by atoms with Crippen molar-refractivity contribution in [2.24, 2.45) is 0 Å². The summed E-state index contributed by atoms with van der Waals surface area (Å²) in [4.78, 5) is 12.4. The predicted molar refractivity (Wildman–Crippen MR) is 73.3 cm³/mol. The first-order chi connectivity index (χ1) is 9.15. The summed E-state index contributed by atoms with van der Waals surface area (Å²) in [5.41, 5.74) is 4.94. The fraction of sp³-hybridized carbons (Fsp3) is 0.312. The molecular formula is C16H16N2O. The molecule has 1 aliphatic rings. The lowest BCUT2D eigenvalue weighted by atomic mass is 9.74. The molecule has 0 saturated carbocycles. The van der Waals surface area contributed by atoms with Crippen LogP contribution in [-0.2, 0) is 6.42 Å². The van der Waals surface area contributed by atoms with E-state index in [4.69, 9.17) is 0 Å². The van der Waals surface area contributed by atoms with Gasteiger partial charge in [0, 0.05) is 12.0 Å². The van der Waals surface area contributed by atoms with Crippen molar-refractivity contribution >= 4 is 5.78 Å². The minimum absolute atomic E-state index is 0.176. The van der Waals surface area contributed by atoms with Crippen molar-refractivity contribution in [1.82, 2.24) is 10.2 Å². The highest BCUT2D eigenvalue weighted by atomic mass is 16.1. The van der Waals surface area contributed by atoms with Crippen LogP contribution in [0.25, 0.3) is 0 Å². The summed E-state index contributed by atoms with van der Waals surface area (Å²) >= 11 is 0. The molecule has 19 heavy (non-hydrogen) atoms. The van der Waals surface area contributed by atoms with Crippen molar-refractivity contribution in [3.8, 4) is 0 Å². The van der Waals surface area contributed by atoms with Gasteiger partial charge in [-0.1, -0.05) is 24.3 Å². The van der Waals surface area contributed by atoms with Gasteiger partial charge < -0.3 is 0 Å². The highest BCUT2D eigenvalue weighted by Gasteiger charge is 2.28. The summed E-state index contributed by atoms with van der Waals surface area (Å²) in [6.07, 6.45) is 1.58. The maximum Gasteiger partial charge on any atom is 0.165 e. The molecule has 1 aromatic heterocycles. The van der Waals surface area contributed by atoms with E-state index in [1.807, 2.05) is 26.0 Å². The van der Waals surface area contributed by atoms with E-state index in [1.54, 1.807) is 0 Å². The molecule has 1 heterocycles. The fourth-order valence-electron chi connectivity index (χ4n) is 2.71. The number of nitrogens with zero attached hydrogens (tertiary/aromatic N) is 2. The summed E-state index contributed by atoms with van der Waals surface area (Å²) in [5.74, 6) is 0.548. The largest absolute Gasteiger partial charge is 0.294 e. The molecule has 1 aromatic carbocycles. The molecule has 0 fully saturated rings. The molecule has 0 radical (unpaired) electrons. The van der Waals surface area contributed by atoms with Gasteiger partial charge in [0.25, 0.3) is 0 Å². The van der Waals surface area contributed by atoms with E-state index in [0.29, 0.717) is 12.3 Å². The molecule has 0 N–H and O–H groups in total. The van der Waals surface area contributed by atoms with Crippen molar-refractivity contribution in [2.75, 3.05) is 0 Å². The number of aromatic nitrogens is 2. The number of Topliss-reactive ketones (excluding diaryl/α,β-unsaturated/α-hetero) is 1. The van der Waals surface area contributed by atoms with Gasteiger partial charge in [0.05, 0.1) is 11.4 Å². The zero-order valence-corrected chi connectivity index (χ0v) is 11.2. The zero-order valence-electron chi connectivity index (χ0n) is 11.2. The average molecular weight is 252 g/mol. The van der Waals surface area contributed by atoms with E-state index in [-0.39, 0.29) is 5.78 Å². The lowest BCUT2D eigenvalue weighted by Gasteiger charge is -2.29. The number of carbonyl (C=O) groups excluding carboxylic acids is 1. The van der Waals surface area contributed by atoms with Crippen LogP contribution in [0, 0.1) is 13.8 Å². The molecule has 3 heteroatoms. The normalized spacial score (nSPS) is 16.6. The lowest BCUT2D eigenvalue weighted by Crippen LogP contribution is -2.20. The number of hydrogen-bond donors (Lipinski definition) is 0. The Hall–Kier alpha value is -2.03. The van der Waals surface area contributed by atoms with Crippen LogP contribution in [0.3, 0.4) is 0 Å². The molecule has 0 spiro atoms. The number of hydrogen-bond acceptors (Lipinski definition) is 3. The Kier molecular flexibility index (Phi) is 2.90. The Morgan fingerprint density at radius 1 is 1.26 bits per heavy atom. The van der Waals surface area contributed by atoms with Crippen molar-refractivity contribution < 1.29 is 4.79 Å². The first-order valence-corrected chi connectivity index (χ1v) is 6.57. The summed E-state index contributed by atoms with van der Waals surface area (Å²) < 4.78 is 0. The third-order valence-corrected chi connectivity index (χ3v) is 3.79. The molecule has 0 aliphatic heterocycles. The van der Waals surface area contributed by atoms with Crippen molar-refractivity contribution in [3.63, 3.8) is 0 Å². The fourth-order valence-corrected chi connectivity index (χ4v) is 2.71. The van der Waals surface area contributed by atoms with Gasteiger partial charge in [-0.25, -0.2) is 0 Å². The molecule has 3 nitrogen and oxygen atoms in total. The quantitative estimate of drug-likeness (QED) is 0.789. The van der Waals surface area contributed by atoms with Crippen molar-refractivity contribution in [2.45, 2.75) is 32.6 Å². The monoisotopic (exact) mass is 252 g/mol. The molecule has 2 aromatic rings. The molecule has 0 amide bonds. The smallest absolute Gasteiger partial charge is 0.165 e. The number of rotatable bonds is 3. The number of ketones is 1. The molecule has 1 aliphatic carbocycles. The maximum absolute atomic E-state index is 12.4. The second-order valence-corrected chi connectivity index (χ2v) is 5.21. The summed E-state index contributed by atoms with van der Waals surface area (Å²) in [7, 11) is 0. The molecule has 1 atom stereocenters. The predicted octanol–water partition coefficient (Wildman–Crippen LogP) is 3.01. The highest BCUT2D eigenvalue weighted by Crippen LogP contribution is 2.37. The Morgan fingerprint density at radius 2 is 2.05 bits per heavy atom. The van der Waals surface area contributed by atoms with E-state index in [2.05, 4.69) is 28.4 Å². The van der Waals surface area contributed by atoms with Crippen LogP contribution < -0.4 is 0 Å². The first-order valence-electron chi connectivity index (χ1n) is 6.57. The van der Waals surface area contributed by atoms with Gasteiger partial charge >= 0.3 is 0 Å². The van der Waals surface area contributed by atoms with E-state index in [1.165, 1.54) is 11.1 Å². The van der Waals surface area contributed by atoms with Crippen molar-refractivity contribution in [3.05, 3.63) is 58.4 Å². The zero-order chi connectivity index (χ0) is 13.4. The minimum Gasteiger partial charge on any atom is -0.294 e. The third kappa shape index (κ3) is 2.16. The summed E-state index contributed by atoms with van der Waals surface area (Å²) in [6, 6.07) is 10.2. The molecular weight excluding hydrogens is 236 g/mol. The van der Waals surface area contributed by atoms with Crippen LogP contribution in [0.1, 0.15) is 45.2 Å². The highest BCUT2D eigenvalue weighted by molar-refractivity contribution is 5.97. The lowest BCUT2D eigenvalue weighted by molar-refractivity contribution is 0.0969. The maximum atomic E-state index is 12.4. The molecule has 3 rings (SSSR count). The summed E-state index contributed by atoms with van der Waals surface area (Å²) in [6.45, 7) is 3.70. The van der Waals surface area contributed by atoms with Crippen LogP contribution in [0.15, 0.2) is 30.3 Å². The third-order valence-electron chi connectivity index (χ3n) is 3.79. The van der Waals surface area contributed by atoms with Gasteiger partial charge in [-0.15, -0.1) is 0 Å². The molecule has 0 bridgehead atoms. The molecule has 0 saturated heterocycles. The SMILES string of the molecule is Cc1cc(C(=O)CC2Cc3ccccc32)c(C)nn1. The first kappa shape index (κ1) is 12.0. The van der Waals surface area contributed by atoms with E-state index < -0.39 is 0 Å². The standard InChI is InChI=1S/C16H16N2O/c1-10-7-15(11(2)18-17-10)16(19)9-13-8-12-5-3-4-6-14(12)13/h3-7,13H,8-9H2,1-2H3. The van der Waals surface area contributed by atoms with Crippen LogP contribution >= 0.6 is 0 Å². The number of aryl methyl sites for hydroxylation is 2. The van der Waals surface area contributed by atoms with Gasteiger partial charge in [0.15, 0.2) is 5.78 Å². The van der Waals surface area contributed by atoms with Crippen molar-refractivity contribution in [1.29, 1.82) is 0 Å². The van der Waals surface area contributed by atoms with Crippen LogP contribution in [0.2, 0.25) is 0 Å². The molecule has 96 valence electrons. The Morgan fingerprint density at radius 3 is 2.84 bits per heavy atom. The average Bonchev–Trinajstić information content (AvgIpc) is 2.38. The van der Waals surface area contributed by atoms with Crippen LogP contribution in [0.4, 0.5) is 0 Å². The van der Waals surface area contributed by atoms with Crippen LogP contribution in [0.5, 0.6) is 0 Å². The number of benzene rings is 1. The van der Waals surface area contributed by atoms with Gasteiger partial charge in [0.1, 0.15) is 0 Å². The Balaban J connectivity index is 1.79. The van der Waals surface area contributed by atoms with E-state index in [0.717, 1.165) is 23.4 Å². The summed E-state index contributed by atoms with van der Waals surface area (Å²) in [5, 5.41) is 7.99. The topological polar surface area (TPSA) is 42.9 Å². The number of carbonyl (C=O) groups is 1. The second-order valence-electron chi connectivity index (χ2n) is 5.21. The van der Waals surface area contributed by atoms with Gasteiger partial charge in [-0.05, 0) is 43.4 Å². The molecule has 1 unspecified atom stereocenters. The second kappa shape index (κ2) is 4.57. The Bertz CT molecular complexity index is 649. The van der Waals surface area contributed by atoms with Crippen LogP contribution in [-0.4, -0.2) is 16.0 Å². The van der Waals surface area contributed by atoms with Gasteiger partial charge in [0.2, 0.25) is 0 Å². The van der Waals surface area contributed by atoms with E-state index >= 15 is 0 Å². The number of fused-ring (bicyclic) bond motifs is 1. The van der Waals surface area contributed by atoms with E-state index in [9.17, 15) is 4.79 Å². The van der Waals surface area contributed by atoms with Gasteiger partial charge in [-0.3, -0.25) is 4.79 Å². The Labute approximate surface area is 112 Å². The van der Waals surface area contributed by atoms with Gasteiger partial charge in [-0.2, -0.15) is 10.2 Å².